The van der Waals surface area contributed by atoms with Crippen molar-refractivity contribution < 1.29 is 9.59 Å². The fourth-order valence-corrected chi connectivity index (χ4v) is 3.16. The van der Waals surface area contributed by atoms with Crippen molar-refractivity contribution in [3.63, 3.8) is 0 Å². The summed E-state index contributed by atoms with van der Waals surface area (Å²) >= 11 is 0. The van der Waals surface area contributed by atoms with Crippen molar-refractivity contribution in [3.05, 3.63) is 70.8 Å². The quantitative estimate of drug-likeness (QED) is 0.664. The summed E-state index contributed by atoms with van der Waals surface area (Å²) in [5, 5.41) is 2.96. The second-order valence-corrected chi connectivity index (χ2v) is 7.37. The molecule has 28 heavy (non-hydrogen) atoms. The number of hydrogen-bond acceptors (Lipinski definition) is 2. The van der Waals surface area contributed by atoms with Gasteiger partial charge in [-0.2, -0.15) is 0 Å². The molecular weight excluding hydrogens is 348 g/mol. The smallest absolute Gasteiger partial charge is 0.242 e. The molecule has 0 radical (unpaired) electrons. The lowest BCUT2D eigenvalue weighted by molar-refractivity contribution is -0.140. The second-order valence-electron chi connectivity index (χ2n) is 7.37. The molecule has 1 unspecified atom stereocenters. The number of carbonyl (C=O) groups is 2. The Morgan fingerprint density at radius 2 is 1.54 bits per heavy atom. The van der Waals surface area contributed by atoms with E-state index in [-0.39, 0.29) is 11.8 Å². The number of amides is 2. The van der Waals surface area contributed by atoms with Crippen LogP contribution in [0.3, 0.4) is 0 Å². The van der Waals surface area contributed by atoms with Crippen molar-refractivity contribution in [1.82, 2.24) is 10.2 Å². The number of benzene rings is 2. The van der Waals surface area contributed by atoms with Crippen LogP contribution in [0.2, 0.25) is 0 Å². The van der Waals surface area contributed by atoms with Crippen LogP contribution >= 0.6 is 0 Å². The van der Waals surface area contributed by atoms with E-state index in [1.54, 1.807) is 4.90 Å². The van der Waals surface area contributed by atoms with Crippen molar-refractivity contribution in [1.29, 1.82) is 0 Å². The highest BCUT2D eigenvalue weighted by atomic mass is 16.2. The Hall–Kier alpha value is -2.62. The lowest BCUT2D eigenvalue weighted by atomic mass is 10.0. The van der Waals surface area contributed by atoms with Gasteiger partial charge in [-0.15, -0.1) is 0 Å². The normalized spacial score (nSPS) is 11.7. The van der Waals surface area contributed by atoms with Crippen molar-refractivity contribution >= 4 is 11.8 Å². The summed E-state index contributed by atoms with van der Waals surface area (Å²) in [7, 11) is 0. The Morgan fingerprint density at radius 3 is 2.11 bits per heavy atom. The molecule has 0 fully saturated rings. The standard InChI is InChI=1S/C24H32N2O2/c1-5-6-15-25-24(28)20(4)26(17-22-14-10-8-12-19(22)3)23(27)16-21-13-9-7-11-18(21)2/h7-14,20H,5-6,15-17H2,1-4H3,(H,25,28). The lowest BCUT2D eigenvalue weighted by Crippen LogP contribution is -2.48. The van der Waals surface area contributed by atoms with Crippen LogP contribution in [0.15, 0.2) is 48.5 Å². The Bertz CT molecular complexity index is 801. The average molecular weight is 381 g/mol. The second kappa shape index (κ2) is 10.6. The van der Waals surface area contributed by atoms with Gasteiger partial charge in [-0.3, -0.25) is 9.59 Å². The Balaban J connectivity index is 2.22. The zero-order valence-corrected chi connectivity index (χ0v) is 17.5. The monoisotopic (exact) mass is 380 g/mol. The molecule has 0 aliphatic carbocycles. The van der Waals surface area contributed by atoms with Gasteiger partial charge in [-0.1, -0.05) is 61.9 Å². The zero-order chi connectivity index (χ0) is 20.5. The predicted molar refractivity (Wildman–Crippen MR) is 114 cm³/mol. The molecule has 150 valence electrons. The maximum absolute atomic E-state index is 13.2. The van der Waals surface area contributed by atoms with E-state index in [0.29, 0.717) is 19.5 Å². The molecule has 2 aromatic carbocycles. The highest BCUT2D eigenvalue weighted by Gasteiger charge is 2.26. The third-order valence-electron chi connectivity index (χ3n) is 5.20. The number of unbranched alkanes of at least 4 members (excludes halogenated alkanes) is 1. The summed E-state index contributed by atoms with van der Waals surface area (Å²) in [5.41, 5.74) is 4.27. The van der Waals surface area contributed by atoms with Crippen LogP contribution in [-0.2, 0) is 22.6 Å². The van der Waals surface area contributed by atoms with Crippen LogP contribution in [0.4, 0.5) is 0 Å². The molecule has 0 aliphatic heterocycles. The van der Waals surface area contributed by atoms with E-state index < -0.39 is 6.04 Å². The Kier molecular flexibility index (Phi) is 8.24. The minimum Gasteiger partial charge on any atom is -0.354 e. The number of nitrogens with zero attached hydrogens (tertiary/aromatic N) is 1. The SMILES string of the molecule is CCCCNC(=O)C(C)N(Cc1ccccc1C)C(=O)Cc1ccccc1C. The molecule has 0 aliphatic rings. The van der Waals surface area contributed by atoms with E-state index in [2.05, 4.69) is 12.2 Å². The van der Waals surface area contributed by atoms with Crippen LogP contribution in [0.25, 0.3) is 0 Å². The van der Waals surface area contributed by atoms with Crippen molar-refractivity contribution in [3.8, 4) is 0 Å². The molecule has 1 atom stereocenters. The third-order valence-corrected chi connectivity index (χ3v) is 5.20. The van der Waals surface area contributed by atoms with E-state index in [9.17, 15) is 9.59 Å². The first-order valence-corrected chi connectivity index (χ1v) is 10.1. The minimum atomic E-state index is -0.520. The van der Waals surface area contributed by atoms with Crippen LogP contribution in [0.5, 0.6) is 0 Å². The summed E-state index contributed by atoms with van der Waals surface area (Å²) in [6.07, 6.45) is 2.26. The van der Waals surface area contributed by atoms with Gasteiger partial charge in [0.2, 0.25) is 11.8 Å². The lowest BCUT2D eigenvalue weighted by Gasteiger charge is -2.29. The number of aryl methyl sites for hydroxylation is 2. The highest BCUT2D eigenvalue weighted by Crippen LogP contribution is 2.16. The fourth-order valence-electron chi connectivity index (χ4n) is 3.16. The first-order chi connectivity index (χ1) is 13.4. The van der Waals surface area contributed by atoms with E-state index in [4.69, 9.17) is 0 Å². The summed E-state index contributed by atoms with van der Waals surface area (Å²) in [6.45, 7) is 9.02. The largest absolute Gasteiger partial charge is 0.354 e. The summed E-state index contributed by atoms with van der Waals surface area (Å²) in [5.74, 6) is -0.129. The maximum atomic E-state index is 13.2. The molecule has 0 saturated heterocycles. The third kappa shape index (κ3) is 5.95. The number of nitrogens with one attached hydrogen (secondary N) is 1. The van der Waals surface area contributed by atoms with Gasteiger partial charge in [0.25, 0.3) is 0 Å². The summed E-state index contributed by atoms with van der Waals surface area (Å²) in [4.78, 5) is 27.6. The Morgan fingerprint density at radius 1 is 0.964 bits per heavy atom. The van der Waals surface area contributed by atoms with Gasteiger partial charge in [0.15, 0.2) is 0 Å². The van der Waals surface area contributed by atoms with Crippen LogP contribution in [-0.4, -0.2) is 29.3 Å². The van der Waals surface area contributed by atoms with Gasteiger partial charge in [0.05, 0.1) is 6.42 Å². The van der Waals surface area contributed by atoms with Gasteiger partial charge in [-0.25, -0.2) is 0 Å². The molecule has 0 saturated carbocycles. The molecule has 2 aromatic rings. The van der Waals surface area contributed by atoms with E-state index in [1.807, 2.05) is 69.3 Å². The predicted octanol–water partition coefficient (Wildman–Crippen LogP) is 4.18. The Labute approximate surface area is 169 Å². The maximum Gasteiger partial charge on any atom is 0.242 e. The molecular formula is C24H32N2O2. The van der Waals surface area contributed by atoms with Gasteiger partial charge in [0, 0.05) is 13.1 Å². The van der Waals surface area contributed by atoms with Crippen molar-refractivity contribution in [2.75, 3.05) is 6.54 Å². The van der Waals surface area contributed by atoms with Gasteiger partial charge in [0.1, 0.15) is 6.04 Å². The molecule has 0 spiro atoms. The van der Waals surface area contributed by atoms with Gasteiger partial charge in [-0.05, 0) is 49.4 Å². The minimum absolute atomic E-state index is 0.0318. The first-order valence-electron chi connectivity index (χ1n) is 10.1. The molecule has 4 heteroatoms. The van der Waals surface area contributed by atoms with Crippen molar-refractivity contribution in [2.24, 2.45) is 0 Å². The molecule has 2 rings (SSSR count). The number of hydrogen-bond donors (Lipinski definition) is 1. The van der Waals surface area contributed by atoms with Crippen LogP contribution < -0.4 is 5.32 Å². The molecule has 0 bridgehead atoms. The molecule has 4 nitrogen and oxygen atoms in total. The molecule has 0 aromatic heterocycles. The van der Waals surface area contributed by atoms with E-state index in [1.165, 1.54) is 0 Å². The highest BCUT2D eigenvalue weighted by molar-refractivity contribution is 5.88. The molecule has 2 amide bonds. The number of carbonyl (C=O) groups excluding carboxylic acids is 2. The topological polar surface area (TPSA) is 49.4 Å². The van der Waals surface area contributed by atoms with E-state index >= 15 is 0 Å². The average Bonchev–Trinajstić information content (AvgIpc) is 2.68. The fraction of sp³-hybridized carbons (Fsp3) is 0.417. The molecule has 0 heterocycles. The van der Waals surface area contributed by atoms with Gasteiger partial charge < -0.3 is 10.2 Å². The van der Waals surface area contributed by atoms with Crippen LogP contribution in [0.1, 0.15) is 48.9 Å². The summed E-state index contributed by atoms with van der Waals surface area (Å²) < 4.78 is 0. The van der Waals surface area contributed by atoms with E-state index in [0.717, 1.165) is 35.1 Å². The van der Waals surface area contributed by atoms with Gasteiger partial charge >= 0.3 is 0 Å². The number of rotatable bonds is 9. The summed E-state index contributed by atoms with van der Waals surface area (Å²) in [6, 6.07) is 15.4. The zero-order valence-electron chi connectivity index (χ0n) is 17.5. The van der Waals surface area contributed by atoms with Crippen LogP contribution in [0, 0.1) is 13.8 Å². The first kappa shape index (κ1) is 21.7. The molecule has 1 N–H and O–H groups in total. The van der Waals surface area contributed by atoms with Crippen molar-refractivity contribution in [2.45, 2.75) is 59.5 Å².